The summed E-state index contributed by atoms with van der Waals surface area (Å²) < 4.78 is 53.8. The molecule has 0 fully saturated rings. The number of halogens is 4. The van der Waals surface area contributed by atoms with E-state index in [0.29, 0.717) is 5.69 Å². The van der Waals surface area contributed by atoms with Gasteiger partial charge in [-0.3, -0.25) is 4.79 Å². The first kappa shape index (κ1) is 18.6. The van der Waals surface area contributed by atoms with Gasteiger partial charge in [0, 0.05) is 0 Å². The largest absolute Gasteiger partial charge is 0.416 e. The van der Waals surface area contributed by atoms with Crippen LogP contribution < -0.4 is 5.32 Å². The lowest BCUT2D eigenvalue weighted by atomic mass is 10.1. The minimum atomic E-state index is -4.49. The summed E-state index contributed by atoms with van der Waals surface area (Å²) in [5.41, 5.74) is 0.605. The predicted molar refractivity (Wildman–Crippen MR) is 92.4 cm³/mol. The molecule has 140 valence electrons. The van der Waals surface area contributed by atoms with E-state index in [9.17, 15) is 22.4 Å². The van der Waals surface area contributed by atoms with E-state index in [-0.39, 0.29) is 16.9 Å². The van der Waals surface area contributed by atoms with Crippen LogP contribution >= 0.6 is 0 Å². The first-order valence-corrected chi connectivity index (χ1v) is 7.96. The van der Waals surface area contributed by atoms with Gasteiger partial charge < -0.3 is 5.32 Å². The highest BCUT2D eigenvalue weighted by Crippen LogP contribution is 2.30. The number of nitrogens with one attached hydrogen (secondary N) is 1. The van der Waals surface area contributed by atoms with Gasteiger partial charge in [-0.1, -0.05) is 12.1 Å². The summed E-state index contributed by atoms with van der Waals surface area (Å²) in [6.07, 6.45) is -3.25. The van der Waals surface area contributed by atoms with Crippen LogP contribution in [0.25, 0.3) is 5.69 Å². The van der Waals surface area contributed by atoms with Gasteiger partial charge in [-0.05, 0) is 49.7 Å². The van der Waals surface area contributed by atoms with Crippen LogP contribution in [-0.2, 0) is 6.18 Å². The van der Waals surface area contributed by atoms with E-state index in [4.69, 9.17) is 0 Å². The van der Waals surface area contributed by atoms with Crippen molar-refractivity contribution in [2.45, 2.75) is 20.0 Å². The zero-order chi connectivity index (χ0) is 19.8. The standard InChI is InChI=1S/C19H15F4N3O/c1-11-6-7-16(20)17(8-11)25-18(27)15-10-24-26(12(15)2)14-5-3-4-13(9-14)19(21,22)23/h3-10H,1-2H3,(H,25,27). The summed E-state index contributed by atoms with van der Waals surface area (Å²) in [5, 5.41) is 6.47. The fraction of sp³-hybridized carbons (Fsp3) is 0.158. The van der Waals surface area contributed by atoms with Gasteiger partial charge >= 0.3 is 6.18 Å². The van der Waals surface area contributed by atoms with Gasteiger partial charge in [0.2, 0.25) is 0 Å². The molecule has 1 heterocycles. The summed E-state index contributed by atoms with van der Waals surface area (Å²) >= 11 is 0. The molecule has 1 aromatic heterocycles. The number of carbonyl (C=O) groups is 1. The maximum absolute atomic E-state index is 13.8. The van der Waals surface area contributed by atoms with Crippen LogP contribution in [0.1, 0.15) is 27.2 Å². The molecule has 2 aromatic carbocycles. The molecule has 0 aliphatic heterocycles. The minimum Gasteiger partial charge on any atom is -0.319 e. The highest BCUT2D eigenvalue weighted by molar-refractivity contribution is 6.05. The van der Waals surface area contributed by atoms with Gasteiger partial charge in [0.15, 0.2) is 0 Å². The molecule has 8 heteroatoms. The lowest BCUT2D eigenvalue weighted by molar-refractivity contribution is -0.137. The number of aryl methyl sites for hydroxylation is 1. The van der Waals surface area contributed by atoms with Gasteiger partial charge in [-0.15, -0.1) is 0 Å². The second-order valence-corrected chi connectivity index (χ2v) is 6.04. The van der Waals surface area contributed by atoms with Crippen molar-refractivity contribution in [3.8, 4) is 5.69 Å². The Kier molecular flexibility index (Phi) is 4.73. The number of alkyl halides is 3. The van der Waals surface area contributed by atoms with Gasteiger partial charge in [0.1, 0.15) is 5.82 Å². The van der Waals surface area contributed by atoms with Crippen LogP contribution in [0.5, 0.6) is 0 Å². The van der Waals surface area contributed by atoms with E-state index in [1.54, 1.807) is 19.9 Å². The summed E-state index contributed by atoms with van der Waals surface area (Å²) in [5.74, 6) is -1.19. The van der Waals surface area contributed by atoms with Crippen molar-refractivity contribution in [1.29, 1.82) is 0 Å². The van der Waals surface area contributed by atoms with Gasteiger partial charge in [0.05, 0.1) is 34.4 Å². The summed E-state index contributed by atoms with van der Waals surface area (Å²) in [6, 6.07) is 8.92. The molecular weight excluding hydrogens is 362 g/mol. The number of anilines is 1. The average molecular weight is 377 g/mol. The van der Waals surface area contributed by atoms with Crippen molar-refractivity contribution in [3.05, 3.63) is 76.9 Å². The summed E-state index contributed by atoms with van der Waals surface area (Å²) in [7, 11) is 0. The number of hydrogen-bond donors (Lipinski definition) is 1. The maximum Gasteiger partial charge on any atom is 0.416 e. The Hall–Kier alpha value is -3.16. The van der Waals surface area contributed by atoms with Crippen LogP contribution in [-0.4, -0.2) is 15.7 Å². The molecule has 0 unspecified atom stereocenters. The quantitative estimate of drug-likeness (QED) is 0.660. The van der Waals surface area contributed by atoms with Crippen LogP contribution in [0.3, 0.4) is 0 Å². The highest BCUT2D eigenvalue weighted by Gasteiger charge is 2.30. The van der Waals surface area contributed by atoms with Gasteiger partial charge in [-0.2, -0.15) is 18.3 Å². The Bertz CT molecular complexity index is 1010. The fourth-order valence-corrected chi connectivity index (χ4v) is 2.63. The Morgan fingerprint density at radius 3 is 2.56 bits per heavy atom. The predicted octanol–water partition coefficient (Wildman–Crippen LogP) is 4.90. The molecule has 0 saturated carbocycles. The first-order chi connectivity index (χ1) is 12.7. The molecular formula is C19H15F4N3O. The Labute approximate surface area is 152 Å². The topological polar surface area (TPSA) is 46.9 Å². The van der Waals surface area contributed by atoms with Crippen molar-refractivity contribution in [2.24, 2.45) is 0 Å². The highest BCUT2D eigenvalue weighted by atomic mass is 19.4. The molecule has 0 bridgehead atoms. The number of aromatic nitrogens is 2. The van der Waals surface area contributed by atoms with E-state index in [0.717, 1.165) is 17.7 Å². The van der Waals surface area contributed by atoms with Crippen LogP contribution in [0.4, 0.5) is 23.2 Å². The zero-order valence-electron chi connectivity index (χ0n) is 14.4. The maximum atomic E-state index is 13.8. The smallest absolute Gasteiger partial charge is 0.319 e. The second kappa shape index (κ2) is 6.86. The third-order valence-electron chi connectivity index (χ3n) is 4.04. The van der Waals surface area contributed by atoms with E-state index in [1.165, 1.54) is 35.1 Å². The lowest BCUT2D eigenvalue weighted by Gasteiger charge is -2.10. The number of benzene rings is 2. The normalized spacial score (nSPS) is 11.5. The molecule has 1 amide bonds. The zero-order valence-corrected chi connectivity index (χ0v) is 14.4. The molecule has 0 atom stereocenters. The third kappa shape index (κ3) is 3.84. The number of hydrogen-bond acceptors (Lipinski definition) is 2. The van der Waals surface area contributed by atoms with Crippen LogP contribution in [0, 0.1) is 19.7 Å². The Morgan fingerprint density at radius 2 is 1.85 bits per heavy atom. The number of amides is 1. The number of rotatable bonds is 3. The number of nitrogens with zero attached hydrogens (tertiary/aromatic N) is 2. The minimum absolute atomic E-state index is 0.0196. The van der Waals surface area contributed by atoms with Crippen molar-refractivity contribution < 1.29 is 22.4 Å². The van der Waals surface area contributed by atoms with Crippen molar-refractivity contribution in [1.82, 2.24) is 9.78 Å². The molecule has 0 saturated heterocycles. The Morgan fingerprint density at radius 1 is 1.11 bits per heavy atom. The summed E-state index contributed by atoms with van der Waals surface area (Å²) in [6.45, 7) is 3.31. The SMILES string of the molecule is Cc1ccc(F)c(NC(=O)c2cnn(-c3cccc(C(F)(F)F)c3)c2C)c1. The molecule has 1 N–H and O–H groups in total. The molecule has 0 spiro atoms. The molecule has 4 nitrogen and oxygen atoms in total. The van der Waals surface area contributed by atoms with Crippen molar-refractivity contribution in [3.63, 3.8) is 0 Å². The van der Waals surface area contributed by atoms with Crippen LogP contribution in [0.2, 0.25) is 0 Å². The van der Waals surface area contributed by atoms with Gasteiger partial charge in [0.25, 0.3) is 5.91 Å². The van der Waals surface area contributed by atoms with E-state index in [2.05, 4.69) is 10.4 Å². The van der Waals surface area contributed by atoms with E-state index in [1.807, 2.05) is 0 Å². The van der Waals surface area contributed by atoms with Crippen LogP contribution in [0.15, 0.2) is 48.7 Å². The second-order valence-electron chi connectivity index (χ2n) is 6.04. The van der Waals surface area contributed by atoms with Crippen molar-refractivity contribution in [2.75, 3.05) is 5.32 Å². The molecule has 27 heavy (non-hydrogen) atoms. The van der Waals surface area contributed by atoms with E-state index >= 15 is 0 Å². The first-order valence-electron chi connectivity index (χ1n) is 7.96. The fourth-order valence-electron chi connectivity index (χ4n) is 2.63. The molecule has 3 aromatic rings. The third-order valence-corrected chi connectivity index (χ3v) is 4.04. The molecule has 0 aliphatic carbocycles. The number of carbonyl (C=O) groups excluding carboxylic acids is 1. The van der Waals surface area contributed by atoms with Gasteiger partial charge in [-0.25, -0.2) is 9.07 Å². The lowest BCUT2D eigenvalue weighted by Crippen LogP contribution is -2.14. The molecule has 3 rings (SSSR count). The monoisotopic (exact) mass is 377 g/mol. The van der Waals surface area contributed by atoms with E-state index < -0.39 is 23.5 Å². The molecule has 0 radical (unpaired) electrons. The summed E-state index contributed by atoms with van der Waals surface area (Å²) in [4.78, 5) is 12.5. The average Bonchev–Trinajstić information content (AvgIpc) is 2.99. The molecule has 0 aliphatic rings. The van der Waals surface area contributed by atoms with Crippen molar-refractivity contribution >= 4 is 11.6 Å². The Balaban J connectivity index is 1.91.